The maximum atomic E-state index is 11.1. The van der Waals surface area contributed by atoms with Gasteiger partial charge in [0, 0.05) is 11.3 Å². The Labute approximate surface area is 93.6 Å². The monoisotopic (exact) mass is 222 g/mol. The molecular formula is C11H14N2O3. The molecule has 0 aliphatic heterocycles. The van der Waals surface area contributed by atoms with Gasteiger partial charge in [0.15, 0.2) is 0 Å². The summed E-state index contributed by atoms with van der Waals surface area (Å²) in [4.78, 5) is 21.9. The number of methoxy groups -OCH3 is 1. The minimum absolute atomic E-state index is 0.348. The Morgan fingerprint density at radius 2 is 1.88 bits per heavy atom. The molecule has 1 rings (SSSR count). The fourth-order valence-corrected chi connectivity index (χ4v) is 1.22. The Bertz CT molecular complexity index is 387. The molecule has 0 unspecified atom stereocenters. The van der Waals surface area contributed by atoms with Crippen LogP contribution in [0.2, 0.25) is 0 Å². The van der Waals surface area contributed by atoms with Gasteiger partial charge >= 0.3 is 5.97 Å². The van der Waals surface area contributed by atoms with Crippen LogP contribution in [-0.2, 0) is 9.53 Å². The highest BCUT2D eigenvalue weighted by atomic mass is 16.5. The standard InChI is InChI=1S/C11H14N2O3/c1-7(11(15)16-2)13-9-5-3-8(4-6-9)10(12)14/h3-7,13H,1-2H3,(H2,12,14)/t7-/m1/s1. The second kappa shape index (κ2) is 5.16. The normalized spacial score (nSPS) is 11.6. The van der Waals surface area contributed by atoms with Crippen molar-refractivity contribution in [1.82, 2.24) is 0 Å². The fraction of sp³-hybridized carbons (Fsp3) is 0.273. The minimum atomic E-state index is -0.479. The first-order chi connectivity index (χ1) is 7.54. The smallest absolute Gasteiger partial charge is 0.327 e. The molecule has 86 valence electrons. The van der Waals surface area contributed by atoms with Crippen molar-refractivity contribution in [2.45, 2.75) is 13.0 Å². The Morgan fingerprint density at radius 3 is 2.31 bits per heavy atom. The van der Waals surface area contributed by atoms with E-state index in [1.807, 2.05) is 0 Å². The Kier molecular flexibility index (Phi) is 3.88. The predicted molar refractivity (Wildman–Crippen MR) is 60.1 cm³/mol. The zero-order valence-electron chi connectivity index (χ0n) is 9.19. The number of ether oxygens (including phenoxy) is 1. The Morgan fingerprint density at radius 1 is 1.31 bits per heavy atom. The molecule has 16 heavy (non-hydrogen) atoms. The number of carbonyl (C=O) groups excluding carboxylic acids is 2. The molecule has 0 heterocycles. The van der Waals surface area contributed by atoms with Crippen LogP contribution in [0.5, 0.6) is 0 Å². The molecule has 0 fully saturated rings. The predicted octanol–water partition coefficient (Wildman–Crippen LogP) is 0.759. The number of primary amides is 1. The van der Waals surface area contributed by atoms with Crippen LogP contribution >= 0.6 is 0 Å². The number of carbonyl (C=O) groups is 2. The van der Waals surface area contributed by atoms with Gasteiger partial charge < -0.3 is 15.8 Å². The van der Waals surface area contributed by atoms with Crippen LogP contribution in [-0.4, -0.2) is 25.0 Å². The van der Waals surface area contributed by atoms with Crippen molar-refractivity contribution in [2.75, 3.05) is 12.4 Å². The molecule has 3 N–H and O–H groups in total. The summed E-state index contributed by atoms with van der Waals surface area (Å²) in [5.74, 6) is -0.827. The third kappa shape index (κ3) is 2.98. The van der Waals surface area contributed by atoms with Crippen molar-refractivity contribution >= 4 is 17.6 Å². The minimum Gasteiger partial charge on any atom is -0.467 e. The van der Waals surface area contributed by atoms with Crippen molar-refractivity contribution in [3.63, 3.8) is 0 Å². The van der Waals surface area contributed by atoms with Crippen LogP contribution in [0.15, 0.2) is 24.3 Å². The van der Waals surface area contributed by atoms with Crippen molar-refractivity contribution < 1.29 is 14.3 Å². The maximum Gasteiger partial charge on any atom is 0.327 e. The van der Waals surface area contributed by atoms with Crippen molar-refractivity contribution in [3.05, 3.63) is 29.8 Å². The number of anilines is 1. The summed E-state index contributed by atoms with van der Waals surface area (Å²) in [6.45, 7) is 1.69. The lowest BCUT2D eigenvalue weighted by Gasteiger charge is -2.12. The Hall–Kier alpha value is -2.04. The van der Waals surface area contributed by atoms with Gasteiger partial charge in [0.25, 0.3) is 0 Å². The summed E-state index contributed by atoms with van der Waals surface area (Å²) in [6, 6.07) is 6.10. The van der Waals surface area contributed by atoms with E-state index >= 15 is 0 Å². The van der Waals surface area contributed by atoms with E-state index in [1.165, 1.54) is 7.11 Å². The van der Waals surface area contributed by atoms with Gasteiger partial charge in [0.05, 0.1) is 7.11 Å². The first-order valence-electron chi connectivity index (χ1n) is 4.79. The van der Waals surface area contributed by atoms with Gasteiger partial charge in [-0.1, -0.05) is 0 Å². The number of benzene rings is 1. The van der Waals surface area contributed by atoms with Gasteiger partial charge in [-0.05, 0) is 31.2 Å². The molecule has 0 radical (unpaired) electrons. The van der Waals surface area contributed by atoms with Gasteiger partial charge in [0.2, 0.25) is 5.91 Å². The van der Waals surface area contributed by atoms with E-state index in [0.717, 1.165) is 5.69 Å². The molecule has 5 nitrogen and oxygen atoms in total. The quantitative estimate of drug-likeness (QED) is 0.737. The largest absolute Gasteiger partial charge is 0.467 e. The summed E-state index contributed by atoms with van der Waals surface area (Å²) in [5.41, 5.74) is 6.25. The van der Waals surface area contributed by atoms with E-state index in [9.17, 15) is 9.59 Å². The molecule has 0 aromatic heterocycles. The number of hydrogen-bond donors (Lipinski definition) is 2. The highest BCUT2D eigenvalue weighted by Crippen LogP contribution is 2.10. The van der Waals surface area contributed by atoms with Crippen LogP contribution in [0.25, 0.3) is 0 Å². The van der Waals surface area contributed by atoms with Crippen LogP contribution < -0.4 is 11.1 Å². The molecule has 0 aliphatic rings. The molecule has 1 atom stereocenters. The van der Waals surface area contributed by atoms with Gasteiger partial charge in [-0.3, -0.25) is 4.79 Å². The average Bonchev–Trinajstić information content (AvgIpc) is 2.28. The third-order valence-corrected chi connectivity index (χ3v) is 2.11. The molecule has 1 amide bonds. The van der Waals surface area contributed by atoms with E-state index in [0.29, 0.717) is 5.56 Å². The van der Waals surface area contributed by atoms with E-state index in [4.69, 9.17) is 5.73 Å². The van der Waals surface area contributed by atoms with Gasteiger partial charge in [-0.25, -0.2) is 4.79 Å². The fourth-order valence-electron chi connectivity index (χ4n) is 1.22. The van der Waals surface area contributed by atoms with Crippen LogP contribution in [0.3, 0.4) is 0 Å². The second-order valence-corrected chi connectivity index (χ2v) is 3.33. The van der Waals surface area contributed by atoms with E-state index in [2.05, 4.69) is 10.1 Å². The number of esters is 1. The molecule has 1 aromatic carbocycles. The van der Waals surface area contributed by atoms with Crippen LogP contribution in [0.4, 0.5) is 5.69 Å². The Balaban J connectivity index is 2.68. The summed E-state index contributed by atoms with van der Waals surface area (Å²) in [7, 11) is 1.33. The van der Waals surface area contributed by atoms with E-state index in [1.54, 1.807) is 31.2 Å². The van der Waals surface area contributed by atoms with Crippen LogP contribution in [0, 0.1) is 0 Å². The molecule has 0 saturated heterocycles. The highest BCUT2D eigenvalue weighted by molar-refractivity contribution is 5.93. The lowest BCUT2D eigenvalue weighted by atomic mass is 10.2. The van der Waals surface area contributed by atoms with Gasteiger partial charge in [-0.15, -0.1) is 0 Å². The van der Waals surface area contributed by atoms with Crippen molar-refractivity contribution in [3.8, 4) is 0 Å². The first-order valence-corrected chi connectivity index (χ1v) is 4.79. The lowest BCUT2D eigenvalue weighted by Crippen LogP contribution is -2.27. The molecule has 0 bridgehead atoms. The number of rotatable bonds is 4. The van der Waals surface area contributed by atoms with Crippen LogP contribution in [0.1, 0.15) is 17.3 Å². The third-order valence-electron chi connectivity index (χ3n) is 2.11. The number of hydrogen-bond acceptors (Lipinski definition) is 4. The van der Waals surface area contributed by atoms with Crippen molar-refractivity contribution in [1.29, 1.82) is 0 Å². The first kappa shape index (κ1) is 12.0. The summed E-state index contributed by atoms with van der Waals surface area (Å²) >= 11 is 0. The van der Waals surface area contributed by atoms with E-state index in [-0.39, 0.29) is 5.97 Å². The molecule has 0 saturated carbocycles. The average molecular weight is 222 g/mol. The summed E-state index contributed by atoms with van der Waals surface area (Å²) in [5, 5.41) is 2.93. The molecule has 5 heteroatoms. The van der Waals surface area contributed by atoms with E-state index < -0.39 is 11.9 Å². The van der Waals surface area contributed by atoms with Gasteiger partial charge in [0.1, 0.15) is 6.04 Å². The van der Waals surface area contributed by atoms with Gasteiger partial charge in [-0.2, -0.15) is 0 Å². The SMILES string of the molecule is COC(=O)[C@@H](C)Nc1ccc(C(N)=O)cc1. The topological polar surface area (TPSA) is 81.4 Å². The maximum absolute atomic E-state index is 11.1. The van der Waals surface area contributed by atoms with Crippen molar-refractivity contribution in [2.24, 2.45) is 5.73 Å². The number of nitrogens with one attached hydrogen (secondary N) is 1. The zero-order valence-corrected chi connectivity index (χ0v) is 9.19. The molecule has 0 aliphatic carbocycles. The lowest BCUT2D eigenvalue weighted by molar-refractivity contribution is -0.141. The number of nitrogens with two attached hydrogens (primary N) is 1. The summed E-state index contributed by atoms with van der Waals surface area (Å²) < 4.78 is 4.57. The second-order valence-electron chi connectivity index (χ2n) is 3.33. The zero-order chi connectivity index (χ0) is 12.1. The molecular weight excluding hydrogens is 208 g/mol. The summed E-state index contributed by atoms with van der Waals surface area (Å²) in [6.07, 6.45) is 0. The molecule has 1 aromatic rings. The highest BCUT2D eigenvalue weighted by Gasteiger charge is 2.12. The number of amides is 1. The molecule has 0 spiro atoms.